The Bertz CT molecular complexity index is 669. The van der Waals surface area contributed by atoms with E-state index in [4.69, 9.17) is 4.52 Å². The van der Waals surface area contributed by atoms with Crippen LogP contribution in [0.1, 0.15) is 49.5 Å². The van der Waals surface area contributed by atoms with Crippen molar-refractivity contribution in [2.45, 2.75) is 52.6 Å². The molecule has 1 aromatic carbocycles. The molecule has 0 saturated heterocycles. The third-order valence-electron chi connectivity index (χ3n) is 4.02. The average molecular weight is 344 g/mol. The van der Waals surface area contributed by atoms with Gasteiger partial charge in [-0.2, -0.15) is 4.98 Å². The van der Waals surface area contributed by atoms with Gasteiger partial charge in [-0.15, -0.1) is 0 Å². The monoisotopic (exact) mass is 344 g/mol. The molecule has 1 N–H and O–H groups in total. The van der Waals surface area contributed by atoms with E-state index in [1.165, 1.54) is 5.56 Å². The molecule has 6 heteroatoms. The fourth-order valence-corrected chi connectivity index (χ4v) is 2.49. The van der Waals surface area contributed by atoms with Crippen molar-refractivity contribution in [3.05, 3.63) is 47.1 Å². The van der Waals surface area contributed by atoms with Gasteiger partial charge < -0.3 is 14.7 Å². The molecule has 25 heavy (non-hydrogen) atoms. The minimum Gasteiger partial charge on any atom is -0.352 e. The van der Waals surface area contributed by atoms with Gasteiger partial charge in [0.25, 0.3) is 0 Å². The molecule has 2 aromatic rings. The van der Waals surface area contributed by atoms with Crippen molar-refractivity contribution < 1.29 is 9.32 Å². The van der Waals surface area contributed by atoms with Crippen molar-refractivity contribution in [3.8, 4) is 0 Å². The smallest absolute Gasteiger partial charge is 0.227 e. The molecule has 0 aliphatic carbocycles. The Morgan fingerprint density at radius 3 is 2.80 bits per heavy atom. The Labute approximate surface area is 149 Å². The molecule has 1 heterocycles. The lowest BCUT2D eigenvalue weighted by Gasteiger charge is -2.14. The molecule has 0 atom stereocenters. The molecule has 0 fully saturated rings. The Hall–Kier alpha value is -2.21. The molecule has 0 bridgehead atoms. The first-order valence-corrected chi connectivity index (χ1v) is 8.95. The summed E-state index contributed by atoms with van der Waals surface area (Å²) in [5.74, 6) is 1.24. The number of aryl methyl sites for hydroxylation is 2. The lowest BCUT2D eigenvalue weighted by atomic mass is 10.1. The first-order chi connectivity index (χ1) is 12.1. The molecule has 0 unspecified atom stereocenters. The van der Waals surface area contributed by atoms with Gasteiger partial charge in [0.15, 0.2) is 5.82 Å². The van der Waals surface area contributed by atoms with Crippen molar-refractivity contribution in [2.24, 2.45) is 0 Å². The van der Waals surface area contributed by atoms with E-state index in [2.05, 4.69) is 53.4 Å². The number of rotatable bonds is 10. The zero-order valence-corrected chi connectivity index (χ0v) is 15.4. The van der Waals surface area contributed by atoms with Crippen LogP contribution in [0.25, 0.3) is 0 Å². The number of amides is 1. The minimum absolute atomic E-state index is 0.00804. The van der Waals surface area contributed by atoms with E-state index >= 15 is 0 Å². The maximum Gasteiger partial charge on any atom is 0.227 e. The second-order valence-electron chi connectivity index (χ2n) is 6.28. The van der Waals surface area contributed by atoms with Crippen molar-refractivity contribution >= 4 is 5.91 Å². The molecular formula is C19H28N4O2. The Balaban J connectivity index is 1.76. The topological polar surface area (TPSA) is 71.3 Å². The van der Waals surface area contributed by atoms with Crippen molar-refractivity contribution in [1.82, 2.24) is 20.4 Å². The van der Waals surface area contributed by atoms with Gasteiger partial charge >= 0.3 is 0 Å². The van der Waals surface area contributed by atoms with Crippen molar-refractivity contribution in [3.63, 3.8) is 0 Å². The number of hydrogen-bond acceptors (Lipinski definition) is 5. The second-order valence-corrected chi connectivity index (χ2v) is 6.28. The highest BCUT2D eigenvalue weighted by Crippen LogP contribution is 2.08. The van der Waals surface area contributed by atoms with Gasteiger partial charge in [0.2, 0.25) is 11.8 Å². The molecule has 6 nitrogen and oxygen atoms in total. The van der Waals surface area contributed by atoms with E-state index in [1.807, 2.05) is 12.1 Å². The minimum atomic E-state index is -0.00804. The number of aromatic nitrogens is 2. The molecule has 0 radical (unpaired) electrons. The van der Waals surface area contributed by atoms with Gasteiger partial charge in [-0.25, -0.2) is 0 Å². The summed E-state index contributed by atoms with van der Waals surface area (Å²) in [4.78, 5) is 18.5. The number of hydrogen-bond donors (Lipinski definition) is 1. The maximum absolute atomic E-state index is 12.0. The largest absolute Gasteiger partial charge is 0.352 e. The standard InChI is InChI=1S/C19H28N4O2/c1-4-7-17-21-19(25-22-17)11-10-18(24)20-13-15-8-6-9-16(12-15)14-23(3)5-2/h6,8-9,12H,4-5,7,10-11,13-14H2,1-3H3,(H,20,24). The normalized spacial score (nSPS) is 11.0. The molecule has 0 saturated carbocycles. The predicted molar refractivity (Wildman–Crippen MR) is 96.9 cm³/mol. The number of carbonyl (C=O) groups excluding carboxylic acids is 1. The van der Waals surface area contributed by atoms with E-state index in [0.717, 1.165) is 31.5 Å². The number of nitrogens with zero attached hydrogens (tertiary/aromatic N) is 3. The number of nitrogens with one attached hydrogen (secondary N) is 1. The Kier molecular flexibility index (Phi) is 7.60. The lowest BCUT2D eigenvalue weighted by molar-refractivity contribution is -0.121. The van der Waals surface area contributed by atoms with Crippen LogP contribution in [-0.2, 0) is 30.7 Å². The summed E-state index contributed by atoms with van der Waals surface area (Å²) in [6, 6.07) is 8.32. The second kappa shape index (κ2) is 9.93. The van der Waals surface area contributed by atoms with Gasteiger partial charge in [-0.3, -0.25) is 4.79 Å². The van der Waals surface area contributed by atoms with Crippen LogP contribution in [0, 0.1) is 0 Å². The van der Waals surface area contributed by atoms with Gasteiger partial charge in [0.05, 0.1) is 0 Å². The quantitative estimate of drug-likeness (QED) is 0.717. The number of benzene rings is 1. The van der Waals surface area contributed by atoms with E-state index < -0.39 is 0 Å². The van der Waals surface area contributed by atoms with Gasteiger partial charge in [0, 0.05) is 32.4 Å². The average Bonchev–Trinajstić information content (AvgIpc) is 3.06. The molecule has 2 rings (SSSR count). The zero-order chi connectivity index (χ0) is 18.1. The molecule has 1 amide bonds. The fraction of sp³-hybridized carbons (Fsp3) is 0.526. The SMILES string of the molecule is CCCc1noc(CCC(=O)NCc2cccc(CN(C)CC)c2)n1. The van der Waals surface area contributed by atoms with Crippen LogP contribution in [0.3, 0.4) is 0 Å². The summed E-state index contributed by atoms with van der Waals surface area (Å²) in [5.41, 5.74) is 2.36. The summed E-state index contributed by atoms with van der Waals surface area (Å²) >= 11 is 0. The van der Waals surface area contributed by atoms with Gasteiger partial charge in [0.1, 0.15) is 0 Å². The maximum atomic E-state index is 12.0. The predicted octanol–water partition coefficient (Wildman–Crippen LogP) is 2.72. The highest BCUT2D eigenvalue weighted by atomic mass is 16.5. The first-order valence-electron chi connectivity index (χ1n) is 8.95. The summed E-state index contributed by atoms with van der Waals surface area (Å²) in [6.07, 6.45) is 2.61. The summed E-state index contributed by atoms with van der Waals surface area (Å²) in [5, 5.41) is 6.85. The molecular weight excluding hydrogens is 316 g/mol. The molecule has 0 spiro atoms. The van der Waals surface area contributed by atoms with Crippen LogP contribution in [-0.4, -0.2) is 34.5 Å². The van der Waals surface area contributed by atoms with E-state index in [9.17, 15) is 4.79 Å². The van der Waals surface area contributed by atoms with Crippen LogP contribution in [0.5, 0.6) is 0 Å². The molecule has 1 aromatic heterocycles. The first kappa shape index (κ1) is 19.1. The number of carbonyl (C=O) groups is 1. The summed E-state index contributed by atoms with van der Waals surface area (Å²) in [7, 11) is 2.10. The Morgan fingerprint density at radius 1 is 1.24 bits per heavy atom. The van der Waals surface area contributed by atoms with E-state index in [-0.39, 0.29) is 5.91 Å². The van der Waals surface area contributed by atoms with E-state index in [0.29, 0.717) is 31.1 Å². The third-order valence-corrected chi connectivity index (χ3v) is 4.02. The molecule has 0 aliphatic rings. The van der Waals surface area contributed by atoms with Crippen LogP contribution < -0.4 is 5.32 Å². The summed E-state index contributed by atoms with van der Waals surface area (Å²) in [6.45, 7) is 6.66. The third kappa shape index (κ3) is 6.66. The molecule has 136 valence electrons. The summed E-state index contributed by atoms with van der Waals surface area (Å²) < 4.78 is 5.15. The van der Waals surface area contributed by atoms with Crippen LogP contribution in [0.15, 0.2) is 28.8 Å². The Morgan fingerprint density at radius 2 is 2.04 bits per heavy atom. The van der Waals surface area contributed by atoms with E-state index in [1.54, 1.807) is 0 Å². The highest BCUT2D eigenvalue weighted by Gasteiger charge is 2.09. The molecule has 0 aliphatic heterocycles. The zero-order valence-electron chi connectivity index (χ0n) is 15.4. The van der Waals surface area contributed by atoms with Crippen LogP contribution in [0.2, 0.25) is 0 Å². The van der Waals surface area contributed by atoms with Gasteiger partial charge in [-0.1, -0.05) is 43.3 Å². The van der Waals surface area contributed by atoms with Crippen LogP contribution >= 0.6 is 0 Å². The van der Waals surface area contributed by atoms with Crippen LogP contribution in [0.4, 0.5) is 0 Å². The van der Waals surface area contributed by atoms with Crippen molar-refractivity contribution in [1.29, 1.82) is 0 Å². The van der Waals surface area contributed by atoms with Crippen molar-refractivity contribution in [2.75, 3.05) is 13.6 Å². The van der Waals surface area contributed by atoms with Gasteiger partial charge in [-0.05, 0) is 31.1 Å². The lowest BCUT2D eigenvalue weighted by Crippen LogP contribution is -2.23. The fourth-order valence-electron chi connectivity index (χ4n) is 2.49. The highest BCUT2D eigenvalue weighted by molar-refractivity contribution is 5.76.